The molecule has 1 rings (SSSR count). The third kappa shape index (κ3) is 2.52. The summed E-state index contributed by atoms with van der Waals surface area (Å²) in [6, 6.07) is -0.510. The van der Waals surface area contributed by atoms with Crippen molar-refractivity contribution in [2.75, 3.05) is 6.54 Å². The summed E-state index contributed by atoms with van der Waals surface area (Å²) in [6.45, 7) is 1.88. The summed E-state index contributed by atoms with van der Waals surface area (Å²) in [6.07, 6.45) is 0. The minimum atomic E-state index is -1.39. The molecule has 6 heteroatoms. The lowest BCUT2D eigenvalue weighted by molar-refractivity contribution is -0.139. The van der Waals surface area contributed by atoms with E-state index in [0.717, 1.165) is 0 Å². The zero-order chi connectivity index (χ0) is 12.3. The van der Waals surface area contributed by atoms with Crippen molar-refractivity contribution in [3.05, 3.63) is 35.1 Å². The molecule has 0 saturated heterocycles. The van der Waals surface area contributed by atoms with Crippen LogP contribution in [0.3, 0.4) is 0 Å². The van der Waals surface area contributed by atoms with Crippen LogP contribution in [0.25, 0.3) is 0 Å². The fraction of sp³-hybridized carbons (Fsp3) is 0.300. The van der Waals surface area contributed by atoms with E-state index in [-0.39, 0.29) is 6.54 Å². The number of aliphatic carboxylic acids is 1. The molecule has 0 spiro atoms. The summed E-state index contributed by atoms with van der Waals surface area (Å²) >= 11 is 0. The van der Waals surface area contributed by atoms with Crippen molar-refractivity contribution >= 4 is 5.97 Å². The van der Waals surface area contributed by atoms with E-state index in [0.29, 0.717) is 12.1 Å². The molecule has 0 heterocycles. The summed E-state index contributed by atoms with van der Waals surface area (Å²) in [5, 5.41) is 11.3. The number of likely N-dealkylation sites (N-methyl/N-ethyl adjacent to an activating group) is 1. The van der Waals surface area contributed by atoms with Gasteiger partial charge in [0.05, 0.1) is 0 Å². The van der Waals surface area contributed by atoms with E-state index in [1.54, 1.807) is 6.92 Å². The van der Waals surface area contributed by atoms with E-state index in [2.05, 4.69) is 5.32 Å². The molecule has 0 aromatic heterocycles. The van der Waals surface area contributed by atoms with Crippen LogP contribution < -0.4 is 5.32 Å². The van der Waals surface area contributed by atoms with Gasteiger partial charge in [-0.3, -0.25) is 4.79 Å². The first kappa shape index (κ1) is 12.5. The first-order chi connectivity index (χ1) is 7.47. The van der Waals surface area contributed by atoms with Crippen LogP contribution in [0.2, 0.25) is 0 Å². The lowest BCUT2D eigenvalue weighted by Crippen LogP contribution is -2.29. The number of benzene rings is 1. The Morgan fingerprint density at radius 3 is 2.38 bits per heavy atom. The molecule has 0 aliphatic rings. The molecular formula is C10H10F3NO2. The van der Waals surface area contributed by atoms with E-state index < -0.39 is 35.0 Å². The lowest BCUT2D eigenvalue weighted by Gasteiger charge is -2.14. The van der Waals surface area contributed by atoms with E-state index in [9.17, 15) is 18.0 Å². The summed E-state index contributed by atoms with van der Waals surface area (Å²) in [7, 11) is 0. The molecule has 88 valence electrons. The van der Waals surface area contributed by atoms with Crippen LogP contribution in [0.5, 0.6) is 0 Å². The molecule has 0 aliphatic carbocycles. The van der Waals surface area contributed by atoms with E-state index in [4.69, 9.17) is 5.11 Å². The minimum absolute atomic E-state index is 0.259. The third-order valence-corrected chi connectivity index (χ3v) is 2.01. The Kier molecular flexibility index (Phi) is 3.89. The number of hydrogen-bond acceptors (Lipinski definition) is 2. The summed E-state index contributed by atoms with van der Waals surface area (Å²) in [5.41, 5.74) is -0.423. The second kappa shape index (κ2) is 4.98. The monoisotopic (exact) mass is 233 g/mol. The molecule has 0 fully saturated rings. The van der Waals surface area contributed by atoms with Gasteiger partial charge in [0.25, 0.3) is 0 Å². The summed E-state index contributed by atoms with van der Waals surface area (Å²) in [4.78, 5) is 10.8. The van der Waals surface area contributed by atoms with Crippen LogP contribution in [0.4, 0.5) is 13.2 Å². The molecular weight excluding hydrogens is 223 g/mol. The van der Waals surface area contributed by atoms with Gasteiger partial charge < -0.3 is 10.4 Å². The van der Waals surface area contributed by atoms with Crippen LogP contribution in [-0.2, 0) is 4.79 Å². The number of rotatable bonds is 4. The van der Waals surface area contributed by atoms with E-state index in [1.807, 2.05) is 0 Å². The van der Waals surface area contributed by atoms with E-state index in [1.165, 1.54) is 0 Å². The number of carboxylic acid groups (broad SMARTS) is 1. The van der Waals surface area contributed by atoms with Crippen molar-refractivity contribution in [2.45, 2.75) is 13.0 Å². The predicted molar refractivity (Wildman–Crippen MR) is 50.4 cm³/mol. The average molecular weight is 233 g/mol. The Balaban J connectivity index is 3.18. The topological polar surface area (TPSA) is 49.3 Å². The van der Waals surface area contributed by atoms with E-state index >= 15 is 0 Å². The highest BCUT2D eigenvalue weighted by Crippen LogP contribution is 2.20. The van der Waals surface area contributed by atoms with Gasteiger partial charge in [-0.05, 0) is 12.6 Å². The summed E-state index contributed by atoms with van der Waals surface area (Å²) < 4.78 is 38.7. The van der Waals surface area contributed by atoms with Crippen LogP contribution in [0.1, 0.15) is 18.5 Å². The van der Waals surface area contributed by atoms with Crippen LogP contribution in [0.15, 0.2) is 12.1 Å². The Labute approximate surface area is 89.9 Å². The zero-order valence-corrected chi connectivity index (χ0v) is 8.43. The largest absolute Gasteiger partial charge is 0.480 e. The van der Waals surface area contributed by atoms with Crippen molar-refractivity contribution < 1.29 is 23.1 Å². The Morgan fingerprint density at radius 1 is 1.31 bits per heavy atom. The van der Waals surface area contributed by atoms with Crippen molar-refractivity contribution in [1.29, 1.82) is 0 Å². The Bertz CT molecular complexity index is 409. The van der Waals surface area contributed by atoms with Crippen molar-refractivity contribution in [3.8, 4) is 0 Å². The number of carboxylic acids is 1. The number of carbonyl (C=O) groups is 1. The summed E-state index contributed by atoms with van der Waals surface area (Å²) in [5.74, 6) is -5.07. The second-order valence-corrected chi connectivity index (χ2v) is 3.12. The highest BCUT2D eigenvalue weighted by Gasteiger charge is 2.23. The first-order valence-electron chi connectivity index (χ1n) is 4.58. The van der Waals surface area contributed by atoms with Crippen LogP contribution in [-0.4, -0.2) is 17.6 Å². The van der Waals surface area contributed by atoms with Gasteiger partial charge in [-0.2, -0.15) is 0 Å². The normalized spacial score (nSPS) is 12.5. The molecule has 1 atom stereocenters. The van der Waals surface area contributed by atoms with Gasteiger partial charge in [0.15, 0.2) is 11.6 Å². The molecule has 1 aromatic carbocycles. The smallest absolute Gasteiger partial charge is 0.325 e. The molecule has 16 heavy (non-hydrogen) atoms. The second-order valence-electron chi connectivity index (χ2n) is 3.12. The number of nitrogens with one attached hydrogen (secondary N) is 1. The fourth-order valence-corrected chi connectivity index (χ4v) is 1.29. The highest BCUT2D eigenvalue weighted by molar-refractivity contribution is 5.75. The fourth-order valence-electron chi connectivity index (χ4n) is 1.29. The molecule has 1 aromatic rings. The Hall–Kier alpha value is -1.56. The maximum absolute atomic E-state index is 13.3. The van der Waals surface area contributed by atoms with Gasteiger partial charge in [0, 0.05) is 11.6 Å². The number of hydrogen-bond donors (Lipinski definition) is 2. The van der Waals surface area contributed by atoms with Gasteiger partial charge in [-0.15, -0.1) is 0 Å². The maximum atomic E-state index is 13.3. The molecule has 0 saturated carbocycles. The molecule has 2 N–H and O–H groups in total. The number of halogens is 3. The zero-order valence-electron chi connectivity index (χ0n) is 8.43. The lowest BCUT2D eigenvalue weighted by atomic mass is 10.1. The van der Waals surface area contributed by atoms with Crippen molar-refractivity contribution in [1.82, 2.24) is 5.32 Å². The minimum Gasteiger partial charge on any atom is -0.480 e. The van der Waals surface area contributed by atoms with Crippen LogP contribution in [0, 0.1) is 17.5 Å². The van der Waals surface area contributed by atoms with Gasteiger partial charge in [-0.1, -0.05) is 6.92 Å². The van der Waals surface area contributed by atoms with Crippen LogP contribution >= 0.6 is 0 Å². The van der Waals surface area contributed by atoms with Gasteiger partial charge in [0.2, 0.25) is 0 Å². The SMILES string of the molecule is CCNC(C(=O)O)c1cc(F)c(F)cc1F. The van der Waals surface area contributed by atoms with Gasteiger partial charge >= 0.3 is 5.97 Å². The van der Waals surface area contributed by atoms with Gasteiger partial charge in [0.1, 0.15) is 11.9 Å². The van der Waals surface area contributed by atoms with Crippen molar-refractivity contribution in [2.24, 2.45) is 0 Å². The van der Waals surface area contributed by atoms with Gasteiger partial charge in [-0.25, -0.2) is 13.2 Å². The van der Waals surface area contributed by atoms with Crippen molar-refractivity contribution in [3.63, 3.8) is 0 Å². The Morgan fingerprint density at radius 2 is 1.88 bits per heavy atom. The predicted octanol–water partition coefficient (Wildman–Crippen LogP) is 1.84. The molecule has 0 radical (unpaired) electrons. The molecule has 1 unspecified atom stereocenters. The standard InChI is InChI=1S/C10H10F3NO2/c1-2-14-9(10(15)16)5-3-7(12)8(13)4-6(5)11/h3-4,9,14H,2H2,1H3,(H,15,16). The molecule has 0 amide bonds. The first-order valence-corrected chi connectivity index (χ1v) is 4.58. The molecule has 0 aliphatic heterocycles. The third-order valence-electron chi connectivity index (χ3n) is 2.01. The highest BCUT2D eigenvalue weighted by atomic mass is 19.2. The average Bonchev–Trinajstić information content (AvgIpc) is 2.20. The quantitative estimate of drug-likeness (QED) is 0.780. The molecule has 3 nitrogen and oxygen atoms in total. The maximum Gasteiger partial charge on any atom is 0.325 e. The molecule has 0 bridgehead atoms.